The topological polar surface area (TPSA) is 20.3 Å². The molecule has 0 aromatic heterocycles. The van der Waals surface area contributed by atoms with Gasteiger partial charge in [-0.2, -0.15) is 0 Å². The molecular weight excluding hydrogens is 306 g/mol. The predicted octanol–water partition coefficient (Wildman–Crippen LogP) is 4.32. The summed E-state index contributed by atoms with van der Waals surface area (Å²) in [5.74, 6) is 0.127. The van der Waals surface area contributed by atoms with Crippen molar-refractivity contribution in [2.45, 2.75) is 0 Å². The fraction of sp³-hybridized carbons (Fsp3) is 0.150. The third kappa shape index (κ3) is 3.98. The molecule has 0 amide bonds. The number of nitrogens with zero attached hydrogens (tertiary/aromatic N) is 1. The lowest BCUT2D eigenvalue weighted by atomic mass is 9.94. The Morgan fingerprint density at radius 1 is 0.870 bits per heavy atom. The first-order valence-corrected chi connectivity index (χ1v) is 7.94. The number of halogens is 1. The summed E-state index contributed by atoms with van der Waals surface area (Å²) in [6.07, 6.45) is 3.93. The molecule has 1 saturated heterocycles. The van der Waals surface area contributed by atoms with Crippen molar-refractivity contribution in [3.05, 3.63) is 81.9 Å². The third-order valence-electron chi connectivity index (χ3n) is 3.82. The van der Waals surface area contributed by atoms with Gasteiger partial charge >= 0.3 is 0 Å². The number of Topliss-reactive ketones (excluding diaryl/α,β-unsaturated/α-hetero) is 1. The Kier molecular flexibility index (Phi) is 4.75. The SMILES string of the molecule is CN1C/C(=C\c2ccccc2)C(=O)/C(=C/c2ccc(Cl)cc2)C1. The van der Waals surface area contributed by atoms with E-state index in [4.69, 9.17) is 11.6 Å². The molecule has 0 saturated carbocycles. The van der Waals surface area contributed by atoms with Crippen molar-refractivity contribution in [2.75, 3.05) is 20.1 Å². The summed E-state index contributed by atoms with van der Waals surface area (Å²) < 4.78 is 0. The van der Waals surface area contributed by atoms with Crippen molar-refractivity contribution in [3.63, 3.8) is 0 Å². The van der Waals surface area contributed by atoms with E-state index in [1.54, 1.807) is 0 Å². The zero-order valence-corrected chi connectivity index (χ0v) is 13.8. The summed E-state index contributed by atoms with van der Waals surface area (Å²) in [6.45, 7) is 1.33. The Bertz CT molecular complexity index is 760. The van der Waals surface area contributed by atoms with Crippen LogP contribution in [0.5, 0.6) is 0 Å². The predicted molar refractivity (Wildman–Crippen MR) is 96.4 cm³/mol. The summed E-state index contributed by atoms with van der Waals surface area (Å²) >= 11 is 5.91. The highest BCUT2D eigenvalue weighted by atomic mass is 35.5. The quantitative estimate of drug-likeness (QED) is 0.767. The standard InChI is InChI=1S/C20H18ClNO/c1-22-13-17(11-15-5-3-2-4-6-15)20(23)18(14-22)12-16-7-9-19(21)10-8-16/h2-12H,13-14H2,1H3/b17-11+,18-12+. The molecule has 2 nitrogen and oxygen atoms in total. The van der Waals surface area contributed by atoms with E-state index in [2.05, 4.69) is 4.90 Å². The van der Waals surface area contributed by atoms with Crippen LogP contribution in [0.1, 0.15) is 11.1 Å². The molecule has 0 radical (unpaired) electrons. The van der Waals surface area contributed by atoms with Crippen LogP contribution in [0.4, 0.5) is 0 Å². The van der Waals surface area contributed by atoms with Crippen LogP contribution in [0.3, 0.4) is 0 Å². The molecule has 0 N–H and O–H groups in total. The highest BCUT2D eigenvalue weighted by molar-refractivity contribution is 6.30. The Labute approximate surface area is 141 Å². The van der Waals surface area contributed by atoms with Crippen LogP contribution < -0.4 is 0 Å². The molecule has 2 aromatic rings. The molecule has 2 aromatic carbocycles. The second-order valence-electron chi connectivity index (χ2n) is 5.80. The van der Waals surface area contributed by atoms with Gasteiger partial charge in [-0.3, -0.25) is 9.69 Å². The average Bonchev–Trinajstić information content (AvgIpc) is 2.55. The molecule has 23 heavy (non-hydrogen) atoms. The number of carbonyl (C=O) groups excluding carboxylic acids is 1. The van der Waals surface area contributed by atoms with Crippen LogP contribution in [-0.4, -0.2) is 30.8 Å². The lowest BCUT2D eigenvalue weighted by molar-refractivity contribution is -0.113. The van der Waals surface area contributed by atoms with Crippen molar-refractivity contribution < 1.29 is 4.79 Å². The number of piperidine rings is 1. The smallest absolute Gasteiger partial charge is 0.187 e. The number of benzene rings is 2. The normalized spacial score (nSPS) is 19.5. The van der Waals surface area contributed by atoms with Gasteiger partial charge in [-0.05, 0) is 42.5 Å². The van der Waals surface area contributed by atoms with Crippen molar-refractivity contribution in [1.82, 2.24) is 4.90 Å². The number of hydrogen-bond acceptors (Lipinski definition) is 2. The van der Waals surface area contributed by atoms with E-state index in [1.165, 1.54) is 0 Å². The largest absolute Gasteiger partial charge is 0.298 e. The van der Waals surface area contributed by atoms with Crippen LogP contribution in [0.2, 0.25) is 5.02 Å². The van der Waals surface area contributed by atoms with Crippen molar-refractivity contribution in [1.29, 1.82) is 0 Å². The van der Waals surface area contributed by atoms with Crippen molar-refractivity contribution in [2.24, 2.45) is 0 Å². The van der Waals surface area contributed by atoms with Gasteiger partial charge in [0.25, 0.3) is 0 Å². The van der Waals surface area contributed by atoms with Crippen LogP contribution in [0.25, 0.3) is 12.2 Å². The van der Waals surface area contributed by atoms with Crippen LogP contribution in [0, 0.1) is 0 Å². The molecule has 1 fully saturated rings. The number of carbonyl (C=O) groups is 1. The molecule has 3 heteroatoms. The monoisotopic (exact) mass is 323 g/mol. The minimum atomic E-state index is 0.127. The van der Waals surface area contributed by atoms with E-state index in [-0.39, 0.29) is 5.78 Å². The second-order valence-corrected chi connectivity index (χ2v) is 6.24. The van der Waals surface area contributed by atoms with Gasteiger partial charge in [-0.15, -0.1) is 0 Å². The third-order valence-corrected chi connectivity index (χ3v) is 4.07. The molecule has 1 heterocycles. The first kappa shape index (κ1) is 15.7. The molecule has 0 spiro atoms. The lowest BCUT2D eigenvalue weighted by Gasteiger charge is -2.26. The molecule has 0 unspecified atom stereocenters. The molecule has 0 aliphatic carbocycles. The number of hydrogen-bond donors (Lipinski definition) is 0. The number of rotatable bonds is 2. The maximum absolute atomic E-state index is 12.8. The second kappa shape index (κ2) is 6.95. The summed E-state index contributed by atoms with van der Waals surface area (Å²) in [7, 11) is 2.03. The minimum absolute atomic E-state index is 0.127. The maximum Gasteiger partial charge on any atom is 0.187 e. The van der Waals surface area contributed by atoms with Gasteiger partial charge < -0.3 is 0 Å². The van der Waals surface area contributed by atoms with Gasteiger partial charge in [0.2, 0.25) is 0 Å². The van der Waals surface area contributed by atoms with Gasteiger partial charge in [-0.1, -0.05) is 54.1 Å². The van der Waals surface area contributed by atoms with Gasteiger partial charge in [0.15, 0.2) is 5.78 Å². The van der Waals surface area contributed by atoms with Crippen LogP contribution >= 0.6 is 11.6 Å². The first-order valence-electron chi connectivity index (χ1n) is 7.57. The summed E-state index contributed by atoms with van der Waals surface area (Å²) in [5.41, 5.74) is 3.68. The Morgan fingerprint density at radius 3 is 1.96 bits per heavy atom. The fourth-order valence-electron chi connectivity index (χ4n) is 2.72. The van der Waals surface area contributed by atoms with Gasteiger partial charge in [0.05, 0.1) is 0 Å². The first-order chi connectivity index (χ1) is 11.1. The van der Waals surface area contributed by atoms with Crippen molar-refractivity contribution in [3.8, 4) is 0 Å². The maximum atomic E-state index is 12.8. The number of likely N-dealkylation sites (tertiary alicyclic amines) is 1. The lowest BCUT2D eigenvalue weighted by Crippen LogP contribution is -2.34. The Balaban J connectivity index is 1.91. The van der Waals surface area contributed by atoms with Gasteiger partial charge in [0.1, 0.15) is 0 Å². The highest BCUT2D eigenvalue weighted by Gasteiger charge is 2.23. The zero-order chi connectivity index (χ0) is 16.2. The van der Waals surface area contributed by atoms with Crippen LogP contribution in [0.15, 0.2) is 65.7 Å². The van der Waals surface area contributed by atoms with Crippen molar-refractivity contribution >= 4 is 29.5 Å². The molecule has 0 atom stereocenters. The summed E-state index contributed by atoms with van der Waals surface area (Å²) in [4.78, 5) is 14.9. The molecule has 3 rings (SSSR count). The molecule has 1 aliphatic rings. The van der Waals surface area contributed by atoms with E-state index in [0.29, 0.717) is 18.1 Å². The zero-order valence-electron chi connectivity index (χ0n) is 13.0. The van der Waals surface area contributed by atoms with E-state index in [1.807, 2.05) is 73.8 Å². The molecule has 116 valence electrons. The molecule has 0 bridgehead atoms. The van der Waals surface area contributed by atoms with Gasteiger partial charge in [0, 0.05) is 29.3 Å². The number of likely N-dealkylation sites (N-methyl/N-ethyl adjacent to an activating group) is 1. The summed E-state index contributed by atoms with van der Waals surface area (Å²) in [6, 6.07) is 17.5. The minimum Gasteiger partial charge on any atom is -0.298 e. The Morgan fingerprint density at radius 2 is 1.39 bits per heavy atom. The molecule has 1 aliphatic heterocycles. The summed E-state index contributed by atoms with van der Waals surface area (Å²) in [5, 5.41) is 0.698. The van der Waals surface area contributed by atoms with E-state index >= 15 is 0 Å². The van der Waals surface area contributed by atoms with E-state index in [9.17, 15) is 4.79 Å². The van der Waals surface area contributed by atoms with E-state index in [0.717, 1.165) is 22.3 Å². The van der Waals surface area contributed by atoms with Gasteiger partial charge in [-0.25, -0.2) is 0 Å². The number of ketones is 1. The fourth-order valence-corrected chi connectivity index (χ4v) is 2.85. The highest BCUT2D eigenvalue weighted by Crippen LogP contribution is 2.21. The molecular formula is C20H18ClNO. The van der Waals surface area contributed by atoms with Crippen LogP contribution in [-0.2, 0) is 4.79 Å². The Hall–Kier alpha value is -2.16. The van der Waals surface area contributed by atoms with E-state index < -0.39 is 0 Å². The average molecular weight is 324 g/mol.